The van der Waals surface area contributed by atoms with Crippen LogP contribution in [0.2, 0.25) is 0 Å². The number of rotatable bonds is 7. The number of carbonyl (C=O) groups excluding carboxylic acids is 3. The molecule has 35 heavy (non-hydrogen) atoms. The number of anilines is 1. The molecule has 0 atom stereocenters. The number of aromatic nitrogens is 3. The molecule has 1 aliphatic rings. The number of aryl methyl sites for hydroxylation is 1. The van der Waals surface area contributed by atoms with E-state index in [1.54, 1.807) is 24.3 Å². The number of amides is 2. The fourth-order valence-electron chi connectivity index (χ4n) is 3.94. The first kappa shape index (κ1) is 24.4. The second-order valence-corrected chi connectivity index (χ2v) is 9.92. The highest BCUT2D eigenvalue weighted by atomic mass is 16.5. The van der Waals surface area contributed by atoms with Gasteiger partial charge in [-0.1, -0.05) is 12.1 Å². The van der Waals surface area contributed by atoms with Crippen LogP contribution in [0.4, 0.5) is 5.69 Å². The number of fused-ring (bicyclic) bond motifs is 1. The van der Waals surface area contributed by atoms with Crippen molar-refractivity contribution in [3.63, 3.8) is 0 Å². The first-order chi connectivity index (χ1) is 16.6. The molecule has 2 heterocycles. The van der Waals surface area contributed by atoms with E-state index in [-0.39, 0.29) is 30.3 Å². The monoisotopic (exact) mass is 477 g/mol. The fraction of sp³-hybridized carbons (Fsp3) is 0.423. The fourth-order valence-corrected chi connectivity index (χ4v) is 3.94. The Morgan fingerprint density at radius 1 is 1.14 bits per heavy atom. The molecule has 4 rings (SSSR count). The molecule has 1 aliphatic carbocycles. The standard InChI is InChI=1S/C26H31N5O4/c1-15-23-19(13-20(17-8-9-17)29-24(23)31(30-15)26(2,3)4)25(34)28-18-10-6-16(7-11-18)12-21(32)27-14-22(33)35-5/h6-7,10-11,13,17H,8-9,12,14H2,1-5H3,(H,27,32)(H,28,34). The summed E-state index contributed by atoms with van der Waals surface area (Å²) in [6, 6.07) is 8.96. The number of hydrogen-bond acceptors (Lipinski definition) is 6. The largest absolute Gasteiger partial charge is 0.468 e. The topological polar surface area (TPSA) is 115 Å². The van der Waals surface area contributed by atoms with Gasteiger partial charge in [-0.25, -0.2) is 9.67 Å². The summed E-state index contributed by atoms with van der Waals surface area (Å²) in [5.74, 6) is -0.626. The third-order valence-corrected chi connectivity index (χ3v) is 5.94. The number of nitrogens with zero attached hydrogens (tertiary/aromatic N) is 3. The molecule has 0 spiro atoms. The number of esters is 1. The Morgan fingerprint density at radius 3 is 2.43 bits per heavy atom. The summed E-state index contributed by atoms with van der Waals surface area (Å²) in [6.07, 6.45) is 2.28. The zero-order valence-corrected chi connectivity index (χ0v) is 20.8. The van der Waals surface area contributed by atoms with Crippen LogP contribution in [-0.4, -0.2) is 46.2 Å². The normalized spacial score (nSPS) is 13.5. The van der Waals surface area contributed by atoms with E-state index >= 15 is 0 Å². The Kier molecular flexibility index (Phi) is 6.60. The Morgan fingerprint density at radius 2 is 1.83 bits per heavy atom. The molecule has 9 nitrogen and oxygen atoms in total. The number of methoxy groups -OCH3 is 1. The van der Waals surface area contributed by atoms with Crippen molar-refractivity contribution in [2.75, 3.05) is 19.0 Å². The van der Waals surface area contributed by atoms with Gasteiger partial charge < -0.3 is 15.4 Å². The quantitative estimate of drug-likeness (QED) is 0.504. The molecule has 1 fully saturated rings. The molecule has 1 saturated carbocycles. The Balaban J connectivity index is 1.54. The summed E-state index contributed by atoms with van der Waals surface area (Å²) in [6.45, 7) is 7.95. The molecule has 0 unspecified atom stereocenters. The van der Waals surface area contributed by atoms with Crippen molar-refractivity contribution in [1.82, 2.24) is 20.1 Å². The van der Waals surface area contributed by atoms with Gasteiger partial charge in [0.25, 0.3) is 5.91 Å². The number of ether oxygens (including phenoxy) is 1. The molecule has 0 radical (unpaired) electrons. The van der Waals surface area contributed by atoms with Crippen LogP contribution in [0.15, 0.2) is 30.3 Å². The lowest BCUT2D eigenvalue weighted by Crippen LogP contribution is -2.31. The number of hydrogen-bond donors (Lipinski definition) is 2. The molecular weight excluding hydrogens is 446 g/mol. The van der Waals surface area contributed by atoms with Gasteiger partial charge in [0.05, 0.1) is 35.7 Å². The second-order valence-electron chi connectivity index (χ2n) is 9.92. The van der Waals surface area contributed by atoms with Crippen LogP contribution in [0.25, 0.3) is 11.0 Å². The maximum Gasteiger partial charge on any atom is 0.325 e. The molecule has 2 aromatic heterocycles. The third kappa shape index (κ3) is 5.50. The maximum absolute atomic E-state index is 13.4. The van der Waals surface area contributed by atoms with Gasteiger partial charge in [-0.3, -0.25) is 14.4 Å². The minimum atomic E-state index is -0.505. The van der Waals surface area contributed by atoms with Crippen LogP contribution >= 0.6 is 0 Å². The molecule has 3 aromatic rings. The first-order valence-corrected chi connectivity index (χ1v) is 11.7. The van der Waals surface area contributed by atoms with Crippen LogP contribution in [0.1, 0.15) is 66.8 Å². The summed E-state index contributed by atoms with van der Waals surface area (Å²) >= 11 is 0. The number of nitrogens with one attached hydrogen (secondary N) is 2. The highest BCUT2D eigenvalue weighted by Crippen LogP contribution is 2.41. The highest BCUT2D eigenvalue weighted by Gasteiger charge is 2.30. The van der Waals surface area contributed by atoms with Gasteiger partial charge >= 0.3 is 5.97 Å². The molecule has 2 amide bonds. The number of benzene rings is 1. The molecule has 0 aliphatic heterocycles. The summed E-state index contributed by atoms with van der Waals surface area (Å²) in [5, 5.41) is 11.0. The van der Waals surface area contributed by atoms with E-state index in [9.17, 15) is 14.4 Å². The first-order valence-electron chi connectivity index (χ1n) is 11.7. The van der Waals surface area contributed by atoms with Gasteiger partial charge in [0.2, 0.25) is 5.91 Å². The lowest BCUT2D eigenvalue weighted by atomic mass is 10.1. The average Bonchev–Trinajstić information content (AvgIpc) is 3.60. The molecular formula is C26H31N5O4. The summed E-state index contributed by atoms with van der Waals surface area (Å²) < 4.78 is 6.42. The molecule has 0 bridgehead atoms. The van der Waals surface area contributed by atoms with Crippen LogP contribution in [-0.2, 0) is 26.3 Å². The SMILES string of the molecule is COC(=O)CNC(=O)Cc1ccc(NC(=O)c2cc(C3CC3)nc3c2c(C)nn3C(C)(C)C)cc1. The van der Waals surface area contributed by atoms with E-state index in [4.69, 9.17) is 10.1 Å². The van der Waals surface area contributed by atoms with Crippen molar-refractivity contribution < 1.29 is 19.1 Å². The zero-order valence-electron chi connectivity index (χ0n) is 20.8. The van der Waals surface area contributed by atoms with Gasteiger partial charge in [-0.2, -0.15) is 5.10 Å². The lowest BCUT2D eigenvalue weighted by Gasteiger charge is -2.20. The number of carbonyl (C=O) groups is 3. The van der Waals surface area contributed by atoms with E-state index in [1.807, 2.05) is 17.7 Å². The van der Waals surface area contributed by atoms with Crippen LogP contribution in [0.5, 0.6) is 0 Å². The average molecular weight is 478 g/mol. The molecule has 0 saturated heterocycles. The predicted molar refractivity (Wildman–Crippen MR) is 132 cm³/mol. The summed E-state index contributed by atoms with van der Waals surface area (Å²) in [5.41, 5.74) is 4.11. The second kappa shape index (κ2) is 9.48. The lowest BCUT2D eigenvalue weighted by molar-refractivity contribution is -0.141. The Bertz CT molecular complexity index is 1280. The van der Waals surface area contributed by atoms with Crippen molar-refractivity contribution >= 4 is 34.5 Å². The molecule has 9 heteroatoms. The minimum absolute atomic E-state index is 0.117. The van der Waals surface area contributed by atoms with Gasteiger partial charge in [0, 0.05) is 17.3 Å². The van der Waals surface area contributed by atoms with Crippen LogP contribution in [0, 0.1) is 6.92 Å². The van der Waals surface area contributed by atoms with Crippen LogP contribution < -0.4 is 10.6 Å². The third-order valence-electron chi connectivity index (χ3n) is 5.94. The summed E-state index contributed by atoms with van der Waals surface area (Å²) in [4.78, 5) is 41.4. The molecule has 2 N–H and O–H groups in total. The predicted octanol–water partition coefficient (Wildman–Crippen LogP) is 3.46. The Labute approximate surface area is 204 Å². The van der Waals surface area contributed by atoms with Crippen molar-refractivity contribution in [1.29, 1.82) is 0 Å². The zero-order chi connectivity index (χ0) is 25.3. The number of pyridine rings is 1. The van der Waals surface area contributed by atoms with Crippen molar-refractivity contribution in [2.45, 2.75) is 58.4 Å². The van der Waals surface area contributed by atoms with E-state index in [0.29, 0.717) is 17.2 Å². The van der Waals surface area contributed by atoms with E-state index in [0.717, 1.165) is 40.8 Å². The maximum atomic E-state index is 13.4. The van der Waals surface area contributed by atoms with Gasteiger partial charge in [-0.15, -0.1) is 0 Å². The van der Waals surface area contributed by atoms with Gasteiger partial charge in [-0.05, 0) is 64.3 Å². The van der Waals surface area contributed by atoms with E-state index in [2.05, 4.69) is 36.1 Å². The summed E-state index contributed by atoms with van der Waals surface area (Å²) in [7, 11) is 1.27. The smallest absolute Gasteiger partial charge is 0.325 e. The van der Waals surface area contributed by atoms with Gasteiger partial charge in [0.1, 0.15) is 6.54 Å². The van der Waals surface area contributed by atoms with E-state index < -0.39 is 5.97 Å². The van der Waals surface area contributed by atoms with E-state index in [1.165, 1.54) is 7.11 Å². The van der Waals surface area contributed by atoms with Gasteiger partial charge in [0.15, 0.2) is 5.65 Å². The highest BCUT2D eigenvalue weighted by molar-refractivity contribution is 6.12. The Hall–Kier alpha value is -3.75. The van der Waals surface area contributed by atoms with Crippen LogP contribution in [0.3, 0.4) is 0 Å². The molecule has 1 aromatic carbocycles. The van der Waals surface area contributed by atoms with Crippen molar-refractivity contribution in [3.8, 4) is 0 Å². The molecule has 184 valence electrons. The van der Waals surface area contributed by atoms with Crippen molar-refractivity contribution in [2.24, 2.45) is 0 Å². The minimum Gasteiger partial charge on any atom is -0.468 e. The van der Waals surface area contributed by atoms with Crippen molar-refractivity contribution in [3.05, 3.63) is 52.8 Å².